The molecule has 4 rings (SSSR count). The van der Waals surface area contributed by atoms with E-state index in [-0.39, 0.29) is 16.7 Å². The van der Waals surface area contributed by atoms with E-state index in [1.54, 1.807) is 11.8 Å². The summed E-state index contributed by atoms with van der Waals surface area (Å²) in [6.07, 6.45) is 1.50. The van der Waals surface area contributed by atoms with Crippen LogP contribution < -0.4 is 4.90 Å². The van der Waals surface area contributed by atoms with Gasteiger partial charge in [0.2, 0.25) is 11.8 Å². The minimum atomic E-state index is -0.666. The lowest BCUT2D eigenvalue weighted by Gasteiger charge is -2.44. The molecule has 2 saturated heterocycles. The molecule has 4 nitrogen and oxygen atoms in total. The molecular formula is C22H23ClN2O2S. The van der Waals surface area contributed by atoms with E-state index in [2.05, 4.69) is 6.07 Å². The van der Waals surface area contributed by atoms with E-state index in [0.717, 1.165) is 29.7 Å². The van der Waals surface area contributed by atoms with Crippen LogP contribution >= 0.6 is 23.4 Å². The van der Waals surface area contributed by atoms with Crippen molar-refractivity contribution in [2.75, 3.05) is 23.7 Å². The normalized spacial score (nSPS) is 19.9. The number of likely N-dealkylation sites (tertiary alicyclic amines) is 1. The molecule has 1 atom stereocenters. The Morgan fingerprint density at radius 2 is 1.82 bits per heavy atom. The number of hydrogen-bond acceptors (Lipinski definition) is 3. The maximum atomic E-state index is 12.9. The molecular weight excluding hydrogens is 392 g/mol. The van der Waals surface area contributed by atoms with Gasteiger partial charge in [0.15, 0.2) is 0 Å². The summed E-state index contributed by atoms with van der Waals surface area (Å²) in [5, 5.41) is -0.666. The van der Waals surface area contributed by atoms with Crippen LogP contribution in [-0.4, -0.2) is 40.4 Å². The maximum Gasteiger partial charge on any atom is 0.245 e. The third-order valence-corrected chi connectivity index (χ3v) is 7.50. The van der Waals surface area contributed by atoms with Crippen LogP contribution in [0, 0.1) is 6.92 Å². The number of carbonyl (C=O) groups is 2. The minimum Gasteiger partial charge on any atom is -0.341 e. The number of benzene rings is 2. The maximum absolute atomic E-state index is 12.9. The van der Waals surface area contributed by atoms with Gasteiger partial charge in [-0.15, -0.1) is 23.4 Å². The Morgan fingerprint density at radius 3 is 2.50 bits per heavy atom. The number of thioether (sulfide) groups is 1. The summed E-state index contributed by atoms with van der Waals surface area (Å²) in [6, 6.07) is 17.6. The number of halogens is 1. The summed E-state index contributed by atoms with van der Waals surface area (Å²) in [4.78, 5) is 29.1. The first-order valence-electron chi connectivity index (χ1n) is 9.52. The van der Waals surface area contributed by atoms with E-state index in [1.165, 1.54) is 0 Å². The number of alkyl halides is 1. The lowest BCUT2D eigenvalue weighted by Crippen LogP contribution is -2.53. The number of piperidine rings is 1. The molecule has 2 heterocycles. The molecule has 0 saturated carbocycles. The zero-order chi connectivity index (χ0) is 19.7. The first kappa shape index (κ1) is 19.3. The first-order chi connectivity index (χ1) is 13.5. The van der Waals surface area contributed by atoms with Gasteiger partial charge in [0.05, 0.1) is 10.6 Å². The first-order valence-corrected chi connectivity index (χ1v) is 10.9. The van der Waals surface area contributed by atoms with Crippen molar-refractivity contribution in [1.29, 1.82) is 0 Å². The molecule has 2 amide bonds. The molecule has 0 bridgehead atoms. The predicted octanol–water partition coefficient (Wildman–Crippen LogP) is 4.37. The van der Waals surface area contributed by atoms with E-state index in [1.807, 2.05) is 65.3 Å². The van der Waals surface area contributed by atoms with Gasteiger partial charge >= 0.3 is 0 Å². The number of aryl methyl sites for hydroxylation is 1. The Labute approximate surface area is 174 Å². The van der Waals surface area contributed by atoms with Crippen LogP contribution in [0.5, 0.6) is 0 Å². The molecule has 1 spiro atoms. The molecule has 0 unspecified atom stereocenters. The van der Waals surface area contributed by atoms with Gasteiger partial charge in [-0.05, 0) is 43.0 Å². The molecule has 0 aliphatic carbocycles. The smallest absolute Gasteiger partial charge is 0.245 e. The fraction of sp³-hybridized carbons (Fsp3) is 0.364. The Bertz CT molecular complexity index is 881. The highest BCUT2D eigenvalue weighted by Crippen LogP contribution is 2.47. The molecule has 2 aromatic carbocycles. The molecule has 28 heavy (non-hydrogen) atoms. The summed E-state index contributed by atoms with van der Waals surface area (Å²) in [5.74, 6) is 0.582. The van der Waals surface area contributed by atoms with E-state index in [9.17, 15) is 9.59 Å². The molecule has 146 valence electrons. The topological polar surface area (TPSA) is 40.6 Å². The molecule has 0 radical (unpaired) electrons. The van der Waals surface area contributed by atoms with Crippen LogP contribution in [-0.2, 0) is 9.59 Å². The summed E-state index contributed by atoms with van der Waals surface area (Å²) >= 11 is 8.15. The van der Waals surface area contributed by atoms with Crippen molar-refractivity contribution in [3.05, 3.63) is 65.7 Å². The van der Waals surface area contributed by atoms with Gasteiger partial charge in [-0.25, -0.2) is 0 Å². The van der Waals surface area contributed by atoms with Crippen LogP contribution in [0.3, 0.4) is 0 Å². The summed E-state index contributed by atoms with van der Waals surface area (Å²) in [7, 11) is 0. The fourth-order valence-electron chi connectivity index (χ4n) is 4.07. The molecule has 2 aliphatic heterocycles. The third-order valence-electron chi connectivity index (χ3n) is 5.55. The summed E-state index contributed by atoms with van der Waals surface area (Å²) < 4.78 is 0. The lowest BCUT2D eigenvalue weighted by atomic mass is 10.00. The Morgan fingerprint density at radius 1 is 1.11 bits per heavy atom. The van der Waals surface area contributed by atoms with Crippen LogP contribution in [0.1, 0.15) is 29.3 Å². The highest BCUT2D eigenvalue weighted by atomic mass is 35.5. The molecule has 6 heteroatoms. The van der Waals surface area contributed by atoms with E-state index >= 15 is 0 Å². The number of hydrogen-bond donors (Lipinski definition) is 0. The summed E-state index contributed by atoms with van der Waals surface area (Å²) in [5.41, 5.74) is 2.91. The average Bonchev–Trinajstić information content (AvgIpc) is 3.04. The highest BCUT2D eigenvalue weighted by molar-refractivity contribution is 8.02. The van der Waals surface area contributed by atoms with Gasteiger partial charge in [0.25, 0.3) is 0 Å². The Kier molecular flexibility index (Phi) is 5.39. The van der Waals surface area contributed by atoms with Gasteiger partial charge < -0.3 is 4.90 Å². The predicted molar refractivity (Wildman–Crippen MR) is 115 cm³/mol. The number of anilines is 1. The van der Waals surface area contributed by atoms with Gasteiger partial charge in [0, 0.05) is 18.8 Å². The van der Waals surface area contributed by atoms with Crippen molar-refractivity contribution >= 4 is 40.9 Å². The highest BCUT2D eigenvalue weighted by Gasteiger charge is 2.49. The van der Waals surface area contributed by atoms with E-state index < -0.39 is 5.38 Å². The fourth-order valence-corrected chi connectivity index (χ4v) is 5.68. The van der Waals surface area contributed by atoms with E-state index in [4.69, 9.17) is 11.6 Å². The zero-order valence-electron chi connectivity index (χ0n) is 15.8. The van der Waals surface area contributed by atoms with Crippen LogP contribution in [0.15, 0.2) is 54.6 Å². The van der Waals surface area contributed by atoms with Crippen molar-refractivity contribution < 1.29 is 9.59 Å². The van der Waals surface area contributed by atoms with Gasteiger partial charge in [-0.1, -0.05) is 42.5 Å². The van der Waals surface area contributed by atoms with Crippen molar-refractivity contribution in [1.82, 2.24) is 4.90 Å². The quantitative estimate of drug-likeness (QED) is 0.700. The number of amides is 2. The van der Waals surface area contributed by atoms with Gasteiger partial charge in [-0.2, -0.15) is 0 Å². The second kappa shape index (κ2) is 7.80. The van der Waals surface area contributed by atoms with Crippen LogP contribution in [0.25, 0.3) is 0 Å². The van der Waals surface area contributed by atoms with Crippen LogP contribution in [0.2, 0.25) is 0 Å². The third kappa shape index (κ3) is 3.53. The second-order valence-corrected chi connectivity index (χ2v) is 9.18. The van der Waals surface area contributed by atoms with Crippen molar-refractivity contribution in [2.24, 2.45) is 0 Å². The standard InChI is InChI=1S/C22H23ClN2O2S/c1-16-6-5-9-18(14-16)25-19(26)15-28-22(25)10-12-24(13-11-22)21(27)20(23)17-7-3-2-4-8-17/h2-9,14,20H,10-13,15H2,1H3/t20-/m1/s1. The molecule has 2 aliphatic rings. The largest absolute Gasteiger partial charge is 0.341 e. The van der Waals surface area contributed by atoms with Crippen molar-refractivity contribution in [2.45, 2.75) is 30.0 Å². The minimum absolute atomic E-state index is 0.0563. The SMILES string of the molecule is Cc1cccc(N2C(=O)CSC23CCN(C(=O)[C@H](Cl)c2ccccc2)CC3)c1. The Hall–Kier alpha value is -1.98. The van der Waals surface area contributed by atoms with Gasteiger partial charge in [0.1, 0.15) is 5.38 Å². The van der Waals surface area contributed by atoms with Crippen LogP contribution in [0.4, 0.5) is 5.69 Å². The zero-order valence-corrected chi connectivity index (χ0v) is 17.4. The van der Waals surface area contributed by atoms with Crippen molar-refractivity contribution in [3.8, 4) is 0 Å². The molecule has 2 aromatic rings. The second-order valence-electron chi connectivity index (χ2n) is 7.40. The average molecular weight is 415 g/mol. The van der Waals surface area contributed by atoms with Gasteiger partial charge in [-0.3, -0.25) is 14.5 Å². The Balaban J connectivity index is 1.49. The van der Waals surface area contributed by atoms with E-state index in [0.29, 0.717) is 18.8 Å². The number of nitrogens with zero attached hydrogens (tertiary/aromatic N) is 2. The number of carbonyl (C=O) groups excluding carboxylic acids is 2. The lowest BCUT2D eigenvalue weighted by molar-refractivity contribution is -0.132. The number of rotatable bonds is 3. The molecule has 2 fully saturated rings. The molecule has 0 N–H and O–H groups in total. The monoisotopic (exact) mass is 414 g/mol. The molecule has 0 aromatic heterocycles. The van der Waals surface area contributed by atoms with Crippen molar-refractivity contribution in [3.63, 3.8) is 0 Å². The summed E-state index contributed by atoms with van der Waals surface area (Å²) in [6.45, 7) is 3.25.